The molecule has 0 saturated heterocycles. The Morgan fingerprint density at radius 3 is 2.79 bits per heavy atom. The van der Waals surface area contributed by atoms with Gasteiger partial charge in [-0.2, -0.15) is 0 Å². The summed E-state index contributed by atoms with van der Waals surface area (Å²) < 4.78 is 24.4. The predicted octanol–water partition coefficient (Wildman–Crippen LogP) is 3.22. The Morgan fingerprint density at radius 1 is 1.21 bits per heavy atom. The molecule has 1 heterocycles. The highest BCUT2D eigenvalue weighted by Crippen LogP contribution is 2.29. The van der Waals surface area contributed by atoms with E-state index in [1.807, 2.05) is 0 Å². The monoisotopic (exact) mass is 258 g/mol. The third-order valence-electron chi connectivity index (χ3n) is 2.82. The predicted molar refractivity (Wildman–Crippen MR) is 70.4 cm³/mol. The van der Waals surface area contributed by atoms with Gasteiger partial charge < -0.3 is 14.9 Å². The summed E-state index contributed by atoms with van der Waals surface area (Å²) in [5.74, 6) is 0.423. The van der Waals surface area contributed by atoms with Gasteiger partial charge in [0.25, 0.3) is 0 Å². The van der Waals surface area contributed by atoms with Crippen LogP contribution in [0.25, 0.3) is 22.6 Å². The number of oxazole rings is 1. The van der Waals surface area contributed by atoms with E-state index >= 15 is 0 Å². The quantitative estimate of drug-likeness (QED) is 0.717. The molecule has 0 aliphatic carbocycles. The number of hydrogen-bond acceptors (Lipinski definition) is 4. The minimum atomic E-state index is -0.460. The summed E-state index contributed by atoms with van der Waals surface area (Å²) in [6.07, 6.45) is 0. The first kappa shape index (κ1) is 11.5. The van der Waals surface area contributed by atoms with Gasteiger partial charge in [0.05, 0.1) is 12.7 Å². The van der Waals surface area contributed by atoms with E-state index in [-0.39, 0.29) is 11.5 Å². The standard InChI is InChI=1S/C14H11FN2O2/c1-18-9-3-5-12-13(7-9)19-14(17-12)10-4-2-8(16)6-11(10)15/h2-7H,16H2,1H3. The molecule has 0 spiro atoms. The number of rotatable bonds is 2. The summed E-state index contributed by atoms with van der Waals surface area (Å²) in [5.41, 5.74) is 7.35. The summed E-state index contributed by atoms with van der Waals surface area (Å²) in [5, 5.41) is 0. The highest BCUT2D eigenvalue weighted by molar-refractivity contribution is 5.78. The highest BCUT2D eigenvalue weighted by atomic mass is 19.1. The van der Waals surface area contributed by atoms with Crippen molar-refractivity contribution in [3.8, 4) is 17.2 Å². The van der Waals surface area contributed by atoms with Crippen molar-refractivity contribution in [3.05, 3.63) is 42.2 Å². The second-order valence-electron chi connectivity index (χ2n) is 4.09. The van der Waals surface area contributed by atoms with E-state index in [0.717, 1.165) is 0 Å². The van der Waals surface area contributed by atoms with E-state index < -0.39 is 5.82 Å². The number of fused-ring (bicyclic) bond motifs is 1. The van der Waals surface area contributed by atoms with Crippen LogP contribution in [0, 0.1) is 5.82 Å². The maximum atomic E-state index is 13.8. The second kappa shape index (κ2) is 4.28. The molecular weight excluding hydrogens is 247 g/mol. The Kier molecular flexibility index (Phi) is 2.59. The zero-order chi connectivity index (χ0) is 13.4. The average Bonchev–Trinajstić information content (AvgIpc) is 2.80. The second-order valence-corrected chi connectivity index (χ2v) is 4.09. The smallest absolute Gasteiger partial charge is 0.230 e. The minimum absolute atomic E-state index is 0.223. The lowest BCUT2D eigenvalue weighted by atomic mass is 10.2. The van der Waals surface area contributed by atoms with Gasteiger partial charge in [-0.15, -0.1) is 0 Å². The lowest BCUT2D eigenvalue weighted by Gasteiger charge is -1.98. The van der Waals surface area contributed by atoms with Gasteiger partial charge in [-0.25, -0.2) is 9.37 Å². The number of aromatic nitrogens is 1. The topological polar surface area (TPSA) is 61.3 Å². The van der Waals surface area contributed by atoms with Crippen molar-refractivity contribution < 1.29 is 13.5 Å². The molecule has 19 heavy (non-hydrogen) atoms. The van der Waals surface area contributed by atoms with E-state index in [0.29, 0.717) is 22.5 Å². The number of nitrogens with zero attached hydrogens (tertiary/aromatic N) is 1. The Labute approximate surface area is 108 Å². The molecule has 5 heteroatoms. The highest BCUT2D eigenvalue weighted by Gasteiger charge is 2.13. The Balaban J connectivity index is 2.14. The van der Waals surface area contributed by atoms with Crippen LogP contribution in [-0.2, 0) is 0 Å². The SMILES string of the molecule is COc1ccc2nc(-c3ccc(N)cc3F)oc2c1. The fourth-order valence-corrected chi connectivity index (χ4v) is 1.85. The van der Waals surface area contributed by atoms with E-state index in [1.165, 1.54) is 6.07 Å². The van der Waals surface area contributed by atoms with Crippen molar-refractivity contribution in [1.29, 1.82) is 0 Å². The molecular formula is C14H11FN2O2. The zero-order valence-electron chi connectivity index (χ0n) is 10.2. The number of ether oxygens (including phenoxy) is 1. The third kappa shape index (κ3) is 1.99. The molecule has 0 bridgehead atoms. The molecule has 0 aliphatic rings. The zero-order valence-corrected chi connectivity index (χ0v) is 10.2. The van der Waals surface area contributed by atoms with Gasteiger partial charge in [-0.3, -0.25) is 0 Å². The van der Waals surface area contributed by atoms with Gasteiger partial charge in [0.15, 0.2) is 5.58 Å². The number of anilines is 1. The van der Waals surface area contributed by atoms with E-state index in [1.54, 1.807) is 37.4 Å². The molecule has 96 valence electrons. The molecule has 4 nitrogen and oxygen atoms in total. The first-order valence-electron chi connectivity index (χ1n) is 5.67. The Morgan fingerprint density at radius 2 is 2.05 bits per heavy atom. The first-order chi connectivity index (χ1) is 9.17. The van der Waals surface area contributed by atoms with Crippen LogP contribution in [0.1, 0.15) is 0 Å². The van der Waals surface area contributed by atoms with Crippen molar-refractivity contribution in [2.24, 2.45) is 0 Å². The largest absolute Gasteiger partial charge is 0.497 e. The molecule has 0 fully saturated rings. The van der Waals surface area contributed by atoms with Crippen LogP contribution in [-0.4, -0.2) is 12.1 Å². The molecule has 0 amide bonds. The van der Waals surface area contributed by atoms with Gasteiger partial charge in [0.2, 0.25) is 5.89 Å². The first-order valence-corrected chi connectivity index (χ1v) is 5.67. The molecule has 0 radical (unpaired) electrons. The van der Waals surface area contributed by atoms with Crippen LogP contribution < -0.4 is 10.5 Å². The number of nitrogen functional groups attached to an aromatic ring is 1. The molecule has 3 rings (SSSR count). The van der Waals surface area contributed by atoms with E-state index in [2.05, 4.69) is 4.98 Å². The fraction of sp³-hybridized carbons (Fsp3) is 0.0714. The van der Waals surface area contributed by atoms with Crippen LogP contribution in [0.15, 0.2) is 40.8 Å². The normalized spacial score (nSPS) is 10.8. The molecule has 2 aromatic carbocycles. The number of methoxy groups -OCH3 is 1. The van der Waals surface area contributed by atoms with Gasteiger partial charge >= 0.3 is 0 Å². The molecule has 0 saturated carbocycles. The number of hydrogen-bond donors (Lipinski definition) is 1. The molecule has 1 aromatic heterocycles. The van der Waals surface area contributed by atoms with Gasteiger partial charge in [-0.1, -0.05) is 0 Å². The minimum Gasteiger partial charge on any atom is -0.497 e. The third-order valence-corrected chi connectivity index (χ3v) is 2.82. The molecule has 2 N–H and O–H groups in total. The van der Waals surface area contributed by atoms with E-state index in [9.17, 15) is 4.39 Å². The Bertz CT molecular complexity index is 752. The summed E-state index contributed by atoms with van der Waals surface area (Å²) in [4.78, 5) is 4.25. The molecule has 3 aromatic rings. The maximum absolute atomic E-state index is 13.8. The lowest BCUT2D eigenvalue weighted by molar-refractivity contribution is 0.414. The summed E-state index contributed by atoms with van der Waals surface area (Å²) in [7, 11) is 1.57. The maximum Gasteiger partial charge on any atom is 0.230 e. The average molecular weight is 258 g/mol. The fourth-order valence-electron chi connectivity index (χ4n) is 1.85. The van der Waals surface area contributed by atoms with E-state index in [4.69, 9.17) is 14.9 Å². The molecule has 0 unspecified atom stereocenters. The van der Waals surface area contributed by atoms with Gasteiger partial charge in [0.1, 0.15) is 17.1 Å². The van der Waals surface area contributed by atoms with Crippen LogP contribution in [0.4, 0.5) is 10.1 Å². The summed E-state index contributed by atoms with van der Waals surface area (Å²) in [6.45, 7) is 0. The summed E-state index contributed by atoms with van der Waals surface area (Å²) >= 11 is 0. The lowest BCUT2D eigenvalue weighted by Crippen LogP contribution is -1.89. The van der Waals surface area contributed by atoms with Crippen LogP contribution in [0.3, 0.4) is 0 Å². The van der Waals surface area contributed by atoms with Crippen molar-refractivity contribution in [3.63, 3.8) is 0 Å². The van der Waals surface area contributed by atoms with Gasteiger partial charge in [0, 0.05) is 11.8 Å². The molecule has 0 atom stereocenters. The van der Waals surface area contributed by atoms with Crippen molar-refractivity contribution >= 4 is 16.8 Å². The van der Waals surface area contributed by atoms with Crippen LogP contribution in [0.5, 0.6) is 5.75 Å². The number of benzene rings is 2. The van der Waals surface area contributed by atoms with Crippen molar-refractivity contribution in [1.82, 2.24) is 4.98 Å². The Hall–Kier alpha value is -2.56. The molecule has 0 aliphatic heterocycles. The van der Waals surface area contributed by atoms with Crippen molar-refractivity contribution in [2.45, 2.75) is 0 Å². The summed E-state index contributed by atoms with van der Waals surface area (Å²) in [6, 6.07) is 9.64. The number of nitrogens with two attached hydrogens (primary N) is 1. The van der Waals surface area contributed by atoms with Gasteiger partial charge in [-0.05, 0) is 30.3 Å². The van der Waals surface area contributed by atoms with Crippen LogP contribution >= 0.6 is 0 Å². The van der Waals surface area contributed by atoms with Crippen LogP contribution in [0.2, 0.25) is 0 Å². The van der Waals surface area contributed by atoms with Crippen molar-refractivity contribution in [2.75, 3.05) is 12.8 Å². The number of halogens is 1.